The lowest BCUT2D eigenvalue weighted by molar-refractivity contribution is -0.162. The zero-order valence-corrected chi connectivity index (χ0v) is 33.2. The van der Waals surface area contributed by atoms with Crippen LogP contribution in [0, 0.1) is 25.7 Å². The number of hydrogen-bond acceptors (Lipinski definition) is 7. The van der Waals surface area contributed by atoms with Crippen LogP contribution in [-0.4, -0.2) is 81.5 Å². The highest BCUT2D eigenvalue weighted by Crippen LogP contribution is 2.61. The van der Waals surface area contributed by atoms with Gasteiger partial charge in [0.25, 0.3) is 5.91 Å². The number of ether oxygens (including phenoxy) is 2. The highest BCUT2D eigenvalue weighted by molar-refractivity contribution is 9.09. The minimum absolute atomic E-state index is 0.159. The van der Waals surface area contributed by atoms with Gasteiger partial charge in [0.15, 0.2) is 0 Å². The van der Waals surface area contributed by atoms with Crippen molar-refractivity contribution in [1.29, 1.82) is 0 Å². The van der Waals surface area contributed by atoms with Crippen LogP contribution in [0.3, 0.4) is 0 Å². The number of halogens is 1. The van der Waals surface area contributed by atoms with Crippen LogP contribution in [0.5, 0.6) is 0 Å². The smallest absolute Gasteiger partial charge is 0.313 e. The number of aryl methyl sites for hydroxylation is 2. The fourth-order valence-corrected chi connectivity index (χ4v) is 9.62. The van der Waals surface area contributed by atoms with E-state index >= 15 is 9.59 Å². The molecule has 3 aromatic rings. The number of esters is 1. The molecule has 1 spiro atoms. The fraction of sp³-hybridized carbons (Fsp3) is 0.409. The highest BCUT2D eigenvalue weighted by atomic mass is 79.9. The van der Waals surface area contributed by atoms with Crippen LogP contribution in [0.25, 0.3) is 0 Å². The average molecular weight is 813 g/mol. The zero-order valence-electron chi connectivity index (χ0n) is 31.6. The van der Waals surface area contributed by atoms with E-state index in [1.807, 2.05) is 92.7 Å². The molecule has 3 aromatic carbocycles. The number of rotatable bonds is 16. The first-order valence-electron chi connectivity index (χ1n) is 18.9. The van der Waals surface area contributed by atoms with Gasteiger partial charge in [-0.05, 0) is 68.4 Å². The first-order valence-corrected chi connectivity index (χ1v) is 19.8. The van der Waals surface area contributed by atoms with E-state index in [0.29, 0.717) is 17.7 Å². The molecule has 0 radical (unpaired) electrons. The third-order valence-electron chi connectivity index (χ3n) is 11.2. The first kappa shape index (κ1) is 40.1. The second-order valence-corrected chi connectivity index (χ2v) is 16.1. The Kier molecular flexibility index (Phi) is 12.4. The molecule has 1 unspecified atom stereocenters. The molecule has 3 heterocycles. The van der Waals surface area contributed by atoms with Crippen LogP contribution in [0.1, 0.15) is 54.5 Å². The fourth-order valence-electron chi connectivity index (χ4n) is 8.68. The molecule has 0 aromatic heterocycles. The normalized spacial score (nSPS) is 25.4. The van der Waals surface area contributed by atoms with Gasteiger partial charge in [-0.1, -0.05) is 101 Å². The summed E-state index contributed by atoms with van der Waals surface area (Å²) in [5, 5.41) is 13.9. The third kappa shape index (κ3) is 7.79. The quantitative estimate of drug-likeness (QED) is 0.104. The molecular weight excluding hydrogens is 762 g/mol. The van der Waals surface area contributed by atoms with Crippen molar-refractivity contribution in [1.82, 2.24) is 10.2 Å². The van der Waals surface area contributed by atoms with Gasteiger partial charge in [-0.2, -0.15) is 0 Å². The number of anilines is 1. The lowest BCUT2D eigenvalue weighted by atomic mass is 9.70. The monoisotopic (exact) mass is 811 g/mol. The summed E-state index contributed by atoms with van der Waals surface area (Å²) in [6.07, 6.45) is 2.94. The van der Waals surface area contributed by atoms with Crippen molar-refractivity contribution in [2.45, 2.75) is 87.2 Å². The van der Waals surface area contributed by atoms with Crippen LogP contribution in [-0.2, 0) is 35.1 Å². The third-order valence-corrected chi connectivity index (χ3v) is 12.0. The number of hydrogen-bond donors (Lipinski definition) is 2. The van der Waals surface area contributed by atoms with E-state index in [-0.39, 0.29) is 42.4 Å². The highest BCUT2D eigenvalue weighted by Gasteiger charge is 2.77. The molecule has 3 amide bonds. The minimum Gasteiger partial charge on any atom is -0.455 e. The maximum atomic E-state index is 15.3. The van der Waals surface area contributed by atoms with Crippen molar-refractivity contribution < 1.29 is 33.8 Å². The van der Waals surface area contributed by atoms with Gasteiger partial charge in [0.1, 0.15) is 17.7 Å². The number of likely N-dealkylation sites (tertiary alicyclic amines) is 1. The average Bonchev–Trinajstić information content (AvgIpc) is 3.78. The number of amides is 3. The number of nitrogens with one attached hydrogen (secondary N) is 1. The molecule has 2 N–H and O–H groups in total. The second kappa shape index (κ2) is 17.1. The summed E-state index contributed by atoms with van der Waals surface area (Å²) in [7, 11) is 0. The predicted molar refractivity (Wildman–Crippen MR) is 214 cm³/mol. The Morgan fingerprint density at radius 1 is 1.07 bits per heavy atom. The molecule has 2 bridgehead atoms. The number of carbonyl (C=O) groups is 4. The van der Waals surface area contributed by atoms with Crippen molar-refractivity contribution >= 4 is 45.3 Å². The summed E-state index contributed by atoms with van der Waals surface area (Å²) in [5.74, 6) is -3.86. The van der Waals surface area contributed by atoms with Crippen molar-refractivity contribution in [2.24, 2.45) is 11.8 Å². The van der Waals surface area contributed by atoms with Gasteiger partial charge in [0, 0.05) is 23.5 Å². The van der Waals surface area contributed by atoms with Crippen molar-refractivity contribution in [3.63, 3.8) is 0 Å². The van der Waals surface area contributed by atoms with E-state index in [1.54, 1.807) is 24.0 Å². The number of alkyl halides is 1. The summed E-state index contributed by atoms with van der Waals surface area (Å²) in [6, 6.07) is 21.9. The molecule has 9 atom stereocenters. The Morgan fingerprint density at radius 3 is 2.42 bits per heavy atom. The predicted octanol–water partition coefficient (Wildman–Crippen LogP) is 5.93. The van der Waals surface area contributed by atoms with Crippen molar-refractivity contribution in [3.8, 4) is 0 Å². The number of aliphatic hydroxyl groups excluding tert-OH is 1. The summed E-state index contributed by atoms with van der Waals surface area (Å²) >= 11 is 3.77. The number of carbonyl (C=O) groups excluding carboxylic acids is 4. The van der Waals surface area contributed by atoms with Gasteiger partial charge in [-0.25, -0.2) is 0 Å². The van der Waals surface area contributed by atoms with Crippen molar-refractivity contribution in [3.05, 3.63) is 126 Å². The molecule has 55 heavy (non-hydrogen) atoms. The summed E-state index contributed by atoms with van der Waals surface area (Å²) in [5.41, 5.74) is 2.63. The molecule has 0 saturated carbocycles. The summed E-state index contributed by atoms with van der Waals surface area (Å²) < 4.78 is 13.2. The Bertz CT molecular complexity index is 1910. The SMILES string of the molecule is C=CCCC(=O)N[C@H](C)[C@@H](OC(=O)[C@@H]1[C@H]2O[C@@]3(CC2Br)[C@H](C(=O)N(CC=C)c2cc(C)ccc2C)N([C@@H](CO)Cc2ccccc2)C(=O)[C@@H]13)c1ccccc1. The maximum Gasteiger partial charge on any atom is 0.313 e. The van der Waals surface area contributed by atoms with Crippen LogP contribution in [0.2, 0.25) is 0 Å². The lowest BCUT2D eigenvalue weighted by Crippen LogP contribution is -2.59. The van der Waals surface area contributed by atoms with E-state index in [2.05, 4.69) is 34.4 Å². The lowest BCUT2D eigenvalue weighted by Gasteiger charge is -2.39. The van der Waals surface area contributed by atoms with Crippen LogP contribution >= 0.6 is 15.9 Å². The number of fused-ring (bicyclic) bond motifs is 1. The number of allylic oxidation sites excluding steroid dienone is 1. The molecule has 3 aliphatic rings. The molecule has 3 fully saturated rings. The number of benzene rings is 3. The summed E-state index contributed by atoms with van der Waals surface area (Å²) in [6.45, 7) is 13.0. The van der Waals surface area contributed by atoms with E-state index in [4.69, 9.17) is 9.47 Å². The minimum atomic E-state index is -1.41. The van der Waals surface area contributed by atoms with Gasteiger partial charge in [-0.15, -0.1) is 13.2 Å². The topological polar surface area (TPSA) is 125 Å². The summed E-state index contributed by atoms with van der Waals surface area (Å²) in [4.78, 5) is 60.6. The molecule has 10 nitrogen and oxygen atoms in total. The van der Waals surface area contributed by atoms with Crippen LogP contribution < -0.4 is 10.2 Å². The van der Waals surface area contributed by atoms with Gasteiger partial charge in [0.05, 0.1) is 36.6 Å². The molecule has 11 heteroatoms. The van der Waals surface area contributed by atoms with E-state index < -0.39 is 66.3 Å². The van der Waals surface area contributed by atoms with E-state index in [9.17, 15) is 14.7 Å². The molecule has 3 aliphatic heterocycles. The van der Waals surface area contributed by atoms with Gasteiger partial charge < -0.3 is 29.7 Å². The molecular formula is C44H50BrN3O7. The maximum absolute atomic E-state index is 15.3. The Balaban J connectivity index is 1.41. The van der Waals surface area contributed by atoms with Crippen LogP contribution in [0.15, 0.2) is 104 Å². The second-order valence-electron chi connectivity index (χ2n) is 14.9. The van der Waals surface area contributed by atoms with Crippen LogP contribution in [0.4, 0.5) is 5.69 Å². The van der Waals surface area contributed by atoms with Gasteiger partial charge in [-0.3, -0.25) is 19.2 Å². The first-order chi connectivity index (χ1) is 26.4. The molecule has 3 saturated heterocycles. The molecule has 6 rings (SSSR count). The zero-order chi connectivity index (χ0) is 39.4. The Labute approximate surface area is 331 Å². The number of aliphatic hydroxyl groups is 1. The standard InChI is InChI=1S/C44H50BrN3O7/c1-6-8-19-35(50)46-29(5)38(31-17-13-10-14-18-31)54-43(53)36-37-41(51)48(32(26-49)24-30-15-11-9-12-16-30)40(44(37)25-33(45)39(36)55-44)42(52)47(22-7-2)34-23-27(3)20-21-28(34)4/h6-7,9-18,20-21,23,29,32-33,36-40,49H,1-2,8,19,22,24-26H2,3-5H3,(H,46,50)/t29-,32-,33?,36+,37-,38-,39+,40+,44-/m1/s1. The van der Waals surface area contributed by atoms with E-state index in [0.717, 1.165) is 16.7 Å². The largest absolute Gasteiger partial charge is 0.455 e. The molecule has 0 aliphatic carbocycles. The number of nitrogens with zero attached hydrogens (tertiary/aromatic N) is 2. The Morgan fingerprint density at radius 2 is 1.76 bits per heavy atom. The van der Waals surface area contributed by atoms with Crippen molar-refractivity contribution in [2.75, 3.05) is 18.1 Å². The molecule has 290 valence electrons. The van der Waals surface area contributed by atoms with Gasteiger partial charge in [0.2, 0.25) is 11.8 Å². The van der Waals surface area contributed by atoms with Gasteiger partial charge >= 0.3 is 5.97 Å². The Hall–Kier alpha value is -4.58. The van der Waals surface area contributed by atoms with E-state index in [1.165, 1.54) is 4.90 Å².